The number of nitrogens with one attached hydrogen (secondary N) is 2. The number of halogens is 1. The third kappa shape index (κ3) is 4.95. The third-order valence-electron chi connectivity index (χ3n) is 4.69. The van der Waals surface area contributed by atoms with Crippen LogP contribution in [0.2, 0.25) is 5.02 Å². The fourth-order valence-corrected chi connectivity index (χ4v) is 3.49. The molecule has 0 atom stereocenters. The van der Waals surface area contributed by atoms with Crippen LogP contribution >= 0.6 is 11.6 Å². The van der Waals surface area contributed by atoms with Gasteiger partial charge in [0.2, 0.25) is 0 Å². The molecule has 1 saturated heterocycles. The highest BCUT2D eigenvalue weighted by Crippen LogP contribution is 2.26. The number of benzene rings is 2. The first-order valence-corrected chi connectivity index (χ1v) is 9.76. The summed E-state index contributed by atoms with van der Waals surface area (Å²) >= 11 is 5.95. The molecule has 6 nitrogen and oxygen atoms in total. The Labute approximate surface area is 170 Å². The Morgan fingerprint density at radius 1 is 0.964 bits per heavy atom. The van der Waals surface area contributed by atoms with E-state index in [1.165, 1.54) is 0 Å². The number of nitrogens with zero attached hydrogens (tertiary/aromatic N) is 2. The molecule has 7 heteroatoms. The smallest absolute Gasteiger partial charge is 0.323 e. The van der Waals surface area contributed by atoms with Gasteiger partial charge in [0.15, 0.2) is 0 Å². The van der Waals surface area contributed by atoms with Gasteiger partial charge in [0.25, 0.3) is 5.91 Å². The number of likely N-dealkylation sites (tertiary alicyclic amines) is 1. The molecule has 28 heavy (non-hydrogen) atoms. The van der Waals surface area contributed by atoms with Crippen molar-refractivity contribution >= 4 is 40.6 Å². The maximum atomic E-state index is 13.0. The fourth-order valence-electron chi connectivity index (χ4n) is 3.30. The third-order valence-corrected chi connectivity index (χ3v) is 4.93. The number of rotatable bonds is 4. The molecule has 0 aliphatic carbocycles. The van der Waals surface area contributed by atoms with Gasteiger partial charge in [0.05, 0.1) is 5.56 Å². The van der Waals surface area contributed by atoms with Crippen LogP contribution in [0.15, 0.2) is 42.5 Å². The lowest BCUT2D eigenvalue weighted by atomic mass is 10.1. The summed E-state index contributed by atoms with van der Waals surface area (Å²) in [7, 11) is 3.81. The van der Waals surface area contributed by atoms with E-state index >= 15 is 0 Å². The van der Waals surface area contributed by atoms with Gasteiger partial charge in [0, 0.05) is 49.3 Å². The van der Waals surface area contributed by atoms with Gasteiger partial charge in [-0.2, -0.15) is 0 Å². The van der Waals surface area contributed by atoms with Crippen molar-refractivity contribution in [2.75, 3.05) is 42.7 Å². The van der Waals surface area contributed by atoms with Gasteiger partial charge in [-0.05, 0) is 55.7 Å². The average molecular weight is 401 g/mol. The van der Waals surface area contributed by atoms with Gasteiger partial charge in [0.1, 0.15) is 0 Å². The Balaban J connectivity index is 1.78. The number of piperidine rings is 1. The lowest BCUT2D eigenvalue weighted by Gasteiger charge is -2.28. The molecule has 0 bridgehead atoms. The van der Waals surface area contributed by atoms with Gasteiger partial charge < -0.3 is 20.4 Å². The molecule has 0 aromatic heterocycles. The Kier molecular flexibility index (Phi) is 6.41. The average Bonchev–Trinajstić information content (AvgIpc) is 2.67. The molecule has 148 valence electrons. The monoisotopic (exact) mass is 400 g/mol. The standard InChI is InChI=1S/C21H25ClN4O2/c1-25(2)19-10-9-17(14-18(19)20(27)26-11-4-3-5-12-26)24-21(28)23-16-8-6-7-15(22)13-16/h6-10,13-14H,3-5,11-12H2,1-2H3,(H2,23,24,28). The van der Waals surface area contributed by atoms with Crippen LogP contribution in [0.3, 0.4) is 0 Å². The molecule has 0 saturated carbocycles. The number of amides is 3. The van der Waals surface area contributed by atoms with Crippen molar-refractivity contribution in [2.24, 2.45) is 0 Å². The van der Waals surface area contributed by atoms with E-state index in [0.717, 1.165) is 38.0 Å². The van der Waals surface area contributed by atoms with Crippen LogP contribution < -0.4 is 15.5 Å². The molecule has 1 aliphatic rings. The second-order valence-corrected chi connectivity index (χ2v) is 7.51. The van der Waals surface area contributed by atoms with Crippen molar-refractivity contribution in [3.63, 3.8) is 0 Å². The molecule has 3 amide bonds. The first-order valence-electron chi connectivity index (χ1n) is 9.38. The van der Waals surface area contributed by atoms with E-state index in [1.807, 2.05) is 30.0 Å². The largest absolute Gasteiger partial charge is 0.377 e. The van der Waals surface area contributed by atoms with Gasteiger partial charge in [-0.3, -0.25) is 4.79 Å². The quantitative estimate of drug-likeness (QED) is 0.783. The predicted molar refractivity (Wildman–Crippen MR) is 115 cm³/mol. The Hall–Kier alpha value is -2.73. The van der Waals surface area contributed by atoms with Gasteiger partial charge in [-0.25, -0.2) is 4.79 Å². The minimum absolute atomic E-state index is 0.00213. The van der Waals surface area contributed by atoms with E-state index < -0.39 is 6.03 Å². The maximum Gasteiger partial charge on any atom is 0.323 e. The molecule has 2 N–H and O–H groups in total. The predicted octanol–water partition coefficient (Wildman–Crippen LogP) is 4.68. The van der Waals surface area contributed by atoms with E-state index in [0.29, 0.717) is 22.0 Å². The topological polar surface area (TPSA) is 64.7 Å². The highest BCUT2D eigenvalue weighted by atomic mass is 35.5. The molecular weight excluding hydrogens is 376 g/mol. The first kappa shape index (κ1) is 20.0. The molecule has 1 heterocycles. The first-order chi connectivity index (χ1) is 13.4. The zero-order valence-electron chi connectivity index (χ0n) is 16.2. The van der Waals surface area contributed by atoms with Crippen LogP contribution in [0.4, 0.5) is 21.9 Å². The summed E-state index contributed by atoms with van der Waals surface area (Å²) in [5.74, 6) is 0.00213. The molecule has 1 aliphatic heterocycles. The second kappa shape index (κ2) is 8.97. The fraction of sp³-hybridized carbons (Fsp3) is 0.333. The van der Waals surface area contributed by atoms with Crippen LogP contribution in [0.25, 0.3) is 0 Å². The van der Waals surface area contributed by atoms with E-state index in [2.05, 4.69) is 10.6 Å². The highest BCUT2D eigenvalue weighted by Gasteiger charge is 2.22. The molecule has 1 fully saturated rings. The Morgan fingerprint density at radius 2 is 1.64 bits per heavy atom. The van der Waals surface area contributed by atoms with Crippen molar-refractivity contribution in [1.29, 1.82) is 0 Å². The number of hydrogen-bond donors (Lipinski definition) is 2. The molecule has 3 rings (SSSR count). The molecular formula is C21H25ClN4O2. The van der Waals surface area contributed by atoms with Gasteiger partial charge >= 0.3 is 6.03 Å². The normalized spacial score (nSPS) is 13.8. The van der Waals surface area contributed by atoms with Crippen LogP contribution in [-0.4, -0.2) is 44.0 Å². The summed E-state index contributed by atoms with van der Waals surface area (Å²) < 4.78 is 0. The molecule has 0 spiro atoms. The molecule has 2 aromatic rings. The molecule has 0 unspecified atom stereocenters. The zero-order valence-corrected chi connectivity index (χ0v) is 16.9. The maximum absolute atomic E-state index is 13.0. The van der Waals surface area contributed by atoms with Crippen molar-refractivity contribution < 1.29 is 9.59 Å². The summed E-state index contributed by atoms with van der Waals surface area (Å²) in [6.45, 7) is 1.55. The summed E-state index contributed by atoms with van der Waals surface area (Å²) in [5, 5.41) is 6.08. The summed E-state index contributed by atoms with van der Waals surface area (Å²) in [5.41, 5.74) is 2.58. The zero-order chi connectivity index (χ0) is 20.1. The van der Waals surface area contributed by atoms with E-state index in [4.69, 9.17) is 11.6 Å². The van der Waals surface area contributed by atoms with Crippen LogP contribution in [-0.2, 0) is 0 Å². The van der Waals surface area contributed by atoms with Crippen molar-refractivity contribution in [3.8, 4) is 0 Å². The van der Waals surface area contributed by atoms with Crippen LogP contribution in [0, 0.1) is 0 Å². The number of anilines is 3. The van der Waals surface area contributed by atoms with E-state index in [-0.39, 0.29) is 5.91 Å². The Morgan fingerprint density at radius 3 is 2.29 bits per heavy atom. The van der Waals surface area contributed by atoms with Crippen molar-refractivity contribution in [2.45, 2.75) is 19.3 Å². The summed E-state index contributed by atoms with van der Waals surface area (Å²) in [4.78, 5) is 29.2. The molecule has 2 aromatic carbocycles. The SMILES string of the molecule is CN(C)c1ccc(NC(=O)Nc2cccc(Cl)c2)cc1C(=O)N1CCCCC1. The summed E-state index contributed by atoms with van der Waals surface area (Å²) in [6.07, 6.45) is 3.22. The number of carbonyl (C=O) groups is 2. The summed E-state index contributed by atoms with van der Waals surface area (Å²) in [6, 6.07) is 11.9. The van der Waals surface area contributed by atoms with Crippen LogP contribution in [0.5, 0.6) is 0 Å². The lowest BCUT2D eigenvalue weighted by molar-refractivity contribution is 0.0725. The second-order valence-electron chi connectivity index (χ2n) is 7.07. The highest BCUT2D eigenvalue weighted by molar-refractivity contribution is 6.30. The van der Waals surface area contributed by atoms with Crippen molar-refractivity contribution in [3.05, 3.63) is 53.1 Å². The number of hydrogen-bond acceptors (Lipinski definition) is 3. The van der Waals surface area contributed by atoms with E-state index in [9.17, 15) is 9.59 Å². The van der Waals surface area contributed by atoms with Gasteiger partial charge in [-0.15, -0.1) is 0 Å². The van der Waals surface area contributed by atoms with Gasteiger partial charge in [-0.1, -0.05) is 17.7 Å². The number of urea groups is 1. The minimum atomic E-state index is -0.392. The Bertz CT molecular complexity index is 863. The number of carbonyl (C=O) groups excluding carboxylic acids is 2. The molecule has 0 radical (unpaired) electrons. The minimum Gasteiger partial charge on any atom is -0.377 e. The van der Waals surface area contributed by atoms with Crippen molar-refractivity contribution in [1.82, 2.24) is 4.90 Å². The van der Waals surface area contributed by atoms with Crippen LogP contribution in [0.1, 0.15) is 29.6 Å². The van der Waals surface area contributed by atoms with E-state index in [1.54, 1.807) is 36.4 Å². The lowest BCUT2D eigenvalue weighted by Crippen LogP contribution is -2.36.